The van der Waals surface area contributed by atoms with Gasteiger partial charge in [0.2, 0.25) is 5.13 Å². The highest BCUT2D eigenvalue weighted by atomic mass is 32.1. The van der Waals surface area contributed by atoms with E-state index in [2.05, 4.69) is 10.1 Å². The zero-order valence-electron chi connectivity index (χ0n) is 15.6. The Hall–Kier alpha value is -3.52. The normalized spacial score (nSPS) is 15.1. The number of anilines is 1. The highest BCUT2D eigenvalue weighted by Gasteiger charge is 2.30. The predicted octanol–water partition coefficient (Wildman–Crippen LogP) is 4.47. The second-order valence-electron chi connectivity index (χ2n) is 6.31. The van der Waals surface area contributed by atoms with Crippen molar-refractivity contribution in [1.29, 1.82) is 0 Å². The summed E-state index contributed by atoms with van der Waals surface area (Å²) in [5.41, 5.74) is 3.09. The maximum absolute atomic E-state index is 13.1. The third-order valence-electron chi connectivity index (χ3n) is 4.39. The third-order valence-corrected chi connectivity index (χ3v) is 5.21. The Bertz CT molecular complexity index is 1150. The summed E-state index contributed by atoms with van der Waals surface area (Å²) in [6, 6.07) is 10.8. The van der Waals surface area contributed by atoms with E-state index in [-0.39, 0.29) is 17.5 Å². The molecule has 0 radical (unpaired) electrons. The molecule has 0 saturated heterocycles. The first kappa shape index (κ1) is 18.8. The second-order valence-corrected chi connectivity index (χ2v) is 7.15. The van der Waals surface area contributed by atoms with E-state index in [4.69, 9.17) is 4.74 Å². The number of benzene rings is 2. The highest BCUT2D eigenvalue weighted by molar-refractivity contribution is 7.14. The van der Waals surface area contributed by atoms with Crippen molar-refractivity contribution in [3.63, 3.8) is 0 Å². The van der Waals surface area contributed by atoms with Crippen molar-refractivity contribution < 1.29 is 19.0 Å². The molecule has 8 heteroatoms. The van der Waals surface area contributed by atoms with Crippen LogP contribution < -0.4 is 9.75 Å². The number of phenols is 1. The summed E-state index contributed by atoms with van der Waals surface area (Å²) in [5, 5.41) is 17.6. The highest BCUT2D eigenvalue weighted by Crippen LogP contribution is 2.32. The van der Waals surface area contributed by atoms with Gasteiger partial charge in [-0.3, -0.25) is 4.79 Å². The second kappa shape index (κ2) is 7.48. The molecule has 3 aromatic rings. The number of hydrazone groups is 1. The first-order valence-electron chi connectivity index (χ1n) is 8.66. The molecule has 6 nitrogen and oxygen atoms in total. The van der Waals surface area contributed by atoms with Crippen LogP contribution >= 0.6 is 11.3 Å². The Kier molecular flexibility index (Phi) is 4.85. The number of halogens is 1. The van der Waals surface area contributed by atoms with Gasteiger partial charge in [-0.15, -0.1) is 11.3 Å². The minimum Gasteiger partial charge on any atom is -0.504 e. The lowest BCUT2D eigenvalue weighted by molar-refractivity contribution is -0.114. The maximum atomic E-state index is 13.1. The van der Waals surface area contributed by atoms with Crippen molar-refractivity contribution in [2.45, 2.75) is 6.92 Å². The van der Waals surface area contributed by atoms with E-state index in [0.717, 1.165) is 5.56 Å². The van der Waals surface area contributed by atoms with Gasteiger partial charge in [-0.1, -0.05) is 6.07 Å². The van der Waals surface area contributed by atoms with Gasteiger partial charge in [0.05, 0.1) is 24.1 Å². The van der Waals surface area contributed by atoms with Gasteiger partial charge >= 0.3 is 0 Å². The molecule has 0 spiro atoms. The lowest BCUT2D eigenvalue weighted by atomic mass is 10.1. The number of aromatic nitrogens is 1. The molecular weight excluding hydrogens is 393 g/mol. The summed E-state index contributed by atoms with van der Waals surface area (Å²) in [6.07, 6.45) is 1.69. The molecule has 0 atom stereocenters. The average Bonchev–Trinajstić information content (AvgIpc) is 3.30. The Morgan fingerprint density at radius 2 is 1.97 bits per heavy atom. The van der Waals surface area contributed by atoms with Crippen molar-refractivity contribution >= 4 is 34.2 Å². The van der Waals surface area contributed by atoms with Crippen LogP contribution in [0, 0.1) is 5.82 Å². The molecule has 1 aliphatic rings. The van der Waals surface area contributed by atoms with Gasteiger partial charge in [-0.25, -0.2) is 9.37 Å². The molecule has 1 aliphatic heterocycles. The summed E-state index contributed by atoms with van der Waals surface area (Å²) in [7, 11) is 1.46. The number of amides is 1. The molecule has 1 N–H and O–H groups in total. The van der Waals surface area contributed by atoms with E-state index in [9.17, 15) is 14.3 Å². The topological polar surface area (TPSA) is 75.0 Å². The fourth-order valence-corrected chi connectivity index (χ4v) is 3.66. The number of hydrogen-bond acceptors (Lipinski definition) is 6. The molecule has 0 unspecified atom stereocenters. The van der Waals surface area contributed by atoms with Crippen molar-refractivity contribution in [2.75, 3.05) is 12.1 Å². The Balaban J connectivity index is 1.62. The monoisotopic (exact) mass is 409 g/mol. The molecule has 2 heterocycles. The number of phenolic OH excluding ortho intramolecular Hbond substituents is 1. The predicted molar refractivity (Wildman–Crippen MR) is 111 cm³/mol. The smallest absolute Gasteiger partial charge is 0.282 e. The van der Waals surface area contributed by atoms with Crippen molar-refractivity contribution in [3.8, 4) is 22.8 Å². The lowest BCUT2D eigenvalue weighted by Crippen LogP contribution is -2.21. The van der Waals surface area contributed by atoms with Crippen molar-refractivity contribution in [2.24, 2.45) is 5.10 Å². The molecular formula is C21H16FN3O3S. The summed E-state index contributed by atoms with van der Waals surface area (Å²) in [5.74, 6) is -0.273. The molecule has 4 rings (SSSR count). The number of thiazole rings is 1. The van der Waals surface area contributed by atoms with Crippen LogP contribution in [0.1, 0.15) is 12.5 Å². The Morgan fingerprint density at radius 1 is 1.21 bits per heavy atom. The number of carbonyl (C=O) groups excluding carboxylic acids is 1. The molecule has 0 fully saturated rings. The number of hydrogen-bond donors (Lipinski definition) is 1. The summed E-state index contributed by atoms with van der Waals surface area (Å²) in [4.78, 5) is 17.4. The van der Waals surface area contributed by atoms with Crippen LogP contribution in [0.2, 0.25) is 0 Å². The first-order chi connectivity index (χ1) is 14.0. The molecule has 2 aromatic carbocycles. The summed E-state index contributed by atoms with van der Waals surface area (Å²) in [6.45, 7) is 1.75. The molecule has 146 valence electrons. The van der Waals surface area contributed by atoms with E-state index in [0.29, 0.717) is 33.4 Å². The lowest BCUT2D eigenvalue weighted by Gasteiger charge is -2.07. The van der Waals surface area contributed by atoms with Crippen LogP contribution in [0.4, 0.5) is 9.52 Å². The maximum Gasteiger partial charge on any atom is 0.282 e. The van der Waals surface area contributed by atoms with Crippen LogP contribution in [-0.4, -0.2) is 28.8 Å². The molecule has 0 bridgehead atoms. The zero-order valence-corrected chi connectivity index (χ0v) is 16.4. The fraction of sp³-hybridized carbons (Fsp3) is 0.0952. The quantitative estimate of drug-likeness (QED) is 0.645. The summed E-state index contributed by atoms with van der Waals surface area (Å²) >= 11 is 1.28. The van der Waals surface area contributed by atoms with E-state index >= 15 is 0 Å². The van der Waals surface area contributed by atoms with Crippen LogP contribution in [-0.2, 0) is 4.79 Å². The minimum absolute atomic E-state index is 0.0236. The van der Waals surface area contributed by atoms with Gasteiger partial charge in [-0.05, 0) is 55.0 Å². The third kappa shape index (κ3) is 3.62. The SMILES string of the molecule is COc1cc(/C=C2\C(=O)N(c3nc(-c4ccc(F)cc4)cs3)N=C2C)ccc1O. The Labute approximate surface area is 170 Å². The average molecular weight is 409 g/mol. The van der Waals surface area contributed by atoms with Gasteiger partial charge in [0.25, 0.3) is 5.91 Å². The van der Waals surface area contributed by atoms with Crippen LogP contribution in [0.25, 0.3) is 17.3 Å². The fourth-order valence-electron chi connectivity index (χ4n) is 2.88. The van der Waals surface area contributed by atoms with E-state index in [1.54, 1.807) is 42.6 Å². The van der Waals surface area contributed by atoms with Crippen LogP contribution in [0.15, 0.2) is 58.5 Å². The number of aromatic hydroxyl groups is 1. The van der Waals surface area contributed by atoms with Gasteiger partial charge in [0.15, 0.2) is 11.5 Å². The largest absolute Gasteiger partial charge is 0.504 e. The van der Waals surface area contributed by atoms with Crippen LogP contribution in [0.5, 0.6) is 11.5 Å². The number of ether oxygens (including phenoxy) is 1. The Morgan fingerprint density at radius 3 is 2.69 bits per heavy atom. The van der Waals surface area contributed by atoms with Crippen molar-refractivity contribution in [3.05, 3.63) is 64.8 Å². The summed E-state index contributed by atoms with van der Waals surface area (Å²) < 4.78 is 18.2. The van der Waals surface area contributed by atoms with E-state index in [1.165, 1.54) is 41.7 Å². The number of nitrogens with zero attached hydrogens (tertiary/aromatic N) is 3. The molecule has 29 heavy (non-hydrogen) atoms. The van der Waals surface area contributed by atoms with Gasteiger partial charge in [-0.2, -0.15) is 10.1 Å². The van der Waals surface area contributed by atoms with Crippen LogP contribution in [0.3, 0.4) is 0 Å². The first-order valence-corrected chi connectivity index (χ1v) is 9.54. The van der Waals surface area contributed by atoms with Gasteiger partial charge in [0.1, 0.15) is 5.82 Å². The number of rotatable bonds is 4. The molecule has 0 aliphatic carbocycles. The standard InChI is InChI=1S/C21H16FN3O3S/c1-12-16(9-13-3-8-18(26)19(10-13)28-2)20(27)25(24-12)21-23-17(11-29-21)14-4-6-15(22)7-5-14/h3-11,26H,1-2H3/b16-9-. The van der Waals surface area contributed by atoms with E-state index in [1.807, 2.05) is 0 Å². The number of methoxy groups -OCH3 is 1. The minimum atomic E-state index is -0.320. The van der Waals surface area contributed by atoms with Crippen molar-refractivity contribution in [1.82, 2.24) is 4.98 Å². The number of carbonyl (C=O) groups is 1. The molecule has 1 amide bonds. The van der Waals surface area contributed by atoms with E-state index < -0.39 is 0 Å². The molecule has 1 aromatic heterocycles. The molecule has 0 saturated carbocycles. The van der Waals surface area contributed by atoms with Gasteiger partial charge in [0, 0.05) is 10.9 Å². The van der Waals surface area contributed by atoms with Gasteiger partial charge < -0.3 is 9.84 Å². The zero-order chi connectivity index (χ0) is 20.5.